The van der Waals surface area contributed by atoms with Crippen LogP contribution in [0.3, 0.4) is 0 Å². The first-order valence-electron chi connectivity index (χ1n) is 4.13. The summed E-state index contributed by atoms with van der Waals surface area (Å²) in [5, 5.41) is 2.81. The zero-order valence-electron chi connectivity index (χ0n) is 7.60. The van der Waals surface area contributed by atoms with Gasteiger partial charge in [-0.2, -0.15) is 0 Å². The van der Waals surface area contributed by atoms with E-state index in [0.29, 0.717) is 4.77 Å². The third-order valence-corrected chi connectivity index (χ3v) is 2.37. The van der Waals surface area contributed by atoms with Gasteiger partial charge in [0.25, 0.3) is 0 Å². The molecular weight excluding hydrogens is 198 g/mol. The molecule has 14 heavy (non-hydrogen) atoms. The average molecular weight is 207 g/mol. The molecule has 0 bridgehead atoms. The smallest absolute Gasteiger partial charge is 0.271 e. The number of para-hydroxylation sites is 1. The Balaban J connectivity index is 2.71. The Hall–Kier alpha value is -1.62. The van der Waals surface area contributed by atoms with Crippen LogP contribution in [0, 0.1) is 4.77 Å². The van der Waals surface area contributed by atoms with Gasteiger partial charge in [0.05, 0.1) is 5.69 Å². The Morgan fingerprint density at radius 1 is 1.29 bits per heavy atom. The van der Waals surface area contributed by atoms with Crippen molar-refractivity contribution in [2.24, 2.45) is 7.05 Å². The SMILES string of the molecule is Cn1c(=S)[nH]n(-c2ccccc2)c1=O. The van der Waals surface area contributed by atoms with Crippen LogP contribution in [0.25, 0.3) is 5.69 Å². The monoisotopic (exact) mass is 207 g/mol. The lowest BCUT2D eigenvalue weighted by molar-refractivity contribution is 0.798. The maximum Gasteiger partial charge on any atom is 0.349 e. The molecule has 0 fully saturated rings. The molecule has 2 rings (SSSR count). The third kappa shape index (κ3) is 1.31. The van der Waals surface area contributed by atoms with E-state index in [4.69, 9.17) is 12.2 Å². The number of hydrogen-bond acceptors (Lipinski definition) is 2. The Kier molecular flexibility index (Phi) is 2.09. The molecule has 0 unspecified atom stereocenters. The molecule has 0 amide bonds. The van der Waals surface area contributed by atoms with E-state index in [0.717, 1.165) is 5.69 Å². The van der Waals surface area contributed by atoms with Crippen LogP contribution in [0.2, 0.25) is 0 Å². The molecule has 2 aromatic rings. The van der Waals surface area contributed by atoms with Gasteiger partial charge in [0, 0.05) is 7.05 Å². The number of H-pyrrole nitrogens is 1. The predicted molar refractivity (Wildman–Crippen MR) is 56.2 cm³/mol. The summed E-state index contributed by atoms with van der Waals surface area (Å²) >= 11 is 4.95. The molecule has 0 spiro atoms. The van der Waals surface area contributed by atoms with Gasteiger partial charge in [0.2, 0.25) is 0 Å². The minimum atomic E-state index is -0.166. The zero-order chi connectivity index (χ0) is 10.1. The van der Waals surface area contributed by atoms with Crippen LogP contribution in [0.5, 0.6) is 0 Å². The molecule has 1 heterocycles. The fourth-order valence-electron chi connectivity index (χ4n) is 1.21. The third-order valence-electron chi connectivity index (χ3n) is 2.00. The quantitative estimate of drug-likeness (QED) is 0.715. The highest BCUT2D eigenvalue weighted by atomic mass is 32.1. The highest BCUT2D eigenvalue weighted by Gasteiger charge is 2.03. The summed E-state index contributed by atoms with van der Waals surface area (Å²) in [5.74, 6) is 0. The molecule has 0 saturated carbocycles. The van der Waals surface area contributed by atoms with Gasteiger partial charge in [-0.25, -0.2) is 9.48 Å². The van der Waals surface area contributed by atoms with Crippen LogP contribution >= 0.6 is 12.2 Å². The van der Waals surface area contributed by atoms with E-state index in [1.807, 2.05) is 30.3 Å². The van der Waals surface area contributed by atoms with Crippen LogP contribution in [-0.2, 0) is 7.05 Å². The standard InChI is InChI=1S/C9H9N3OS/c1-11-8(14)10-12(9(11)13)7-5-3-2-4-6-7/h2-6H,1H3,(H,10,14). The largest absolute Gasteiger partial charge is 0.349 e. The van der Waals surface area contributed by atoms with Crippen molar-refractivity contribution in [3.8, 4) is 5.69 Å². The molecule has 1 aromatic carbocycles. The Bertz CT molecular complexity index is 549. The van der Waals surface area contributed by atoms with Crippen molar-refractivity contribution < 1.29 is 0 Å². The molecule has 0 atom stereocenters. The normalized spacial score (nSPS) is 10.4. The molecule has 0 aliphatic heterocycles. The molecule has 1 aromatic heterocycles. The zero-order valence-corrected chi connectivity index (χ0v) is 8.41. The van der Waals surface area contributed by atoms with Gasteiger partial charge in [0.1, 0.15) is 0 Å². The van der Waals surface area contributed by atoms with Gasteiger partial charge in [-0.05, 0) is 24.4 Å². The summed E-state index contributed by atoms with van der Waals surface area (Å²) < 4.78 is 3.23. The molecule has 0 radical (unpaired) electrons. The van der Waals surface area contributed by atoms with E-state index in [-0.39, 0.29) is 5.69 Å². The molecular formula is C9H9N3OS. The number of nitrogens with zero attached hydrogens (tertiary/aromatic N) is 2. The summed E-state index contributed by atoms with van der Waals surface area (Å²) in [6, 6.07) is 9.31. The molecule has 1 N–H and O–H groups in total. The van der Waals surface area contributed by atoms with E-state index in [9.17, 15) is 4.79 Å². The first-order valence-corrected chi connectivity index (χ1v) is 4.54. The van der Waals surface area contributed by atoms with Crippen LogP contribution in [0.1, 0.15) is 0 Å². The van der Waals surface area contributed by atoms with E-state index in [2.05, 4.69) is 5.10 Å². The van der Waals surface area contributed by atoms with Crippen LogP contribution in [0.4, 0.5) is 0 Å². The van der Waals surface area contributed by atoms with Crippen LogP contribution in [0.15, 0.2) is 35.1 Å². The van der Waals surface area contributed by atoms with Gasteiger partial charge in [-0.3, -0.25) is 9.67 Å². The van der Waals surface area contributed by atoms with Crippen molar-refractivity contribution in [1.29, 1.82) is 0 Å². The molecule has 4 nitrogen and oxygen atoms in total. The summed E-state index contributed by atoms with van der Waals surface area (Å²) in [7, 11) is 1.64. The fourth-order valence-corrected chi connectivity index (χ4v) is 1.38. The van der Waals surface area contributed by atoms with E-state index in [1.54, 1.807) is 7.05 Å². The first-order chi connectivity index (χ1) is 6.70. The maximum atomic E-state index is 11.6. The Morgan fingerprint density at radius 3 is 2.43 bits per heavy atom. The van der Waals surface area contributed by atoms with Crippen molar-refractivity contribution in [2.75, 3.05) is 0 Å². The highest BCUT2D eigenvalue weighted by Crippen LogP contribution is 2.01. The lowest BCUT2D eigenvalue weighted by Gasteiger charge is -1.97. The van der Waals surface area contributed by atoms with Gasteiger partial charge >= 0.3 is 5.69 Å². The lowest BCUT2D eigenvalue weighted by Crippen LogP contribution is -2.21. The average Bonchev–Trinajstić information content (AvgIpc) is 2.47. The molecule has 0 aliphatic carbocycles. The van der Waals surface area contributed by atoms with Gasteiger partial charge < -0.3 is 0 Å². The van der Waals surface area contributed by atoms with Crippen LogP contribution in [-0.4, -0.2) is 14.3 Å². The van der Waals surface area contributed by atoms with Gasteiger partial charge in [-0.15, -0.1) is 0 Å². The molecule has 5 heteroatoms. The molecule has 0 aliphatic rings. The van der Waals surface area contributed by atoms with Crippen molar-refractivity contribution in [3.63, 3.8) is 0 Å². The topological polar surface area (TPSA) is 42.7 Å². The minimum Gasteiger partial charge on any atom is -0.271 e. The van der Waals surface area contributed by atoms with Crippen molar-refractivity contribution >= 4 is 12.2 Å². The van der Waals surface area contributed by atoms with E-state index < -0.39 is 0 Å². The number of benzene rings is 1. The Morgan fingerprint density at radius 2 is 1.93 bits per heavy atom. The minimum absolute atomic E-state index is 0.166. The van der Waals surface area contributed by atoms with Crippen molar-refractivity contribution in [2.45, 2.75) is 0 Å². The van der Waals surface area contributed by atoms with E-state index in [1.165, 1.54) is 9.25 Å². The summed E-state index contributed by atoms with van der Waals surface area (Å²) in [5.41, 5.74) is 0.616. The fraction of sp³-hybridized carbons (Fsp3) is 0.111. The van der Waals surface area contributed by atoms with E-state index >= 15 is 0 Å². The van der Waals surface area contributed by atoms with Crippen molar-refractivity contribution in [3.05, 3.63) is 45.6 Å². The first kappa shape index (κ1) is 8.96. The van der Waals surface area contributed by atoms with Gasteiger partial charge in [-0.1, -0.05) is 18.2 Å². The van der Waals surface area contributed by atoms with Crippen molar-refractivity contribution in [1.82, 2.24) is 14.3 Å². The molecule has 0 saturated heterocycles. The number of rotatable bonds is 1. The lowest BCUT2D eigenvalue weighted by atomic mass is 10.3. The number of aromatic amines is 1. The summed E-state index contributed by atoms with van der Waals surface area (Å²) in [6.45, 7) is 0. The van der Waals surface area contributed by atoms with Crippen LogP contribution < -0.4 is 5.69 Å². The highest BCUT2D eigenvalue weighted by molar-refractivity contribution is 7.71. The maximum absolute atomic E-state index is 11.6. The number of hydrogen-bond donors (Lipinski definition) is 1. The summed E-state index contributed by atoms with van der Waals surface area (Å²) in [6.07, 6.45) is 0. The Labute approximate surface area is 85.4 Å². The molecule has 72 valence electrons. The second-order valence-corrected chi connectivity index (χ2v) is 3.32. The number of aromatic nitrogens is 3. The second kappa shape index (κ2) is 3.26. The second-order valence-electron chi connectivity index (χ2n) is 2.93. The van der Waals surface area contributed by atoms with Gasteiger partial charge in [0.15, 0.2) is 4.77 Å². The summed E-state index contributed by atoms with van der Waals surface area (Å²) in [4.78, 5) is 11.6. The number of nitrogens with one attached hydrogen (secondary N) is 1. The predicted octanol–water partition coefficient (Wildman–Crippen LogP) is 1.23.